The van der Waals surface area contributed by atoms with Crippen LogP contribution >= 0.6 is 0 Å². The molecule has 0 N–H and O–H groups in total. The van der Waals surface area contributed by atoms with Crippen molar-refractivity contribution in [3.63, 3.8) is 0 Å². The normalized spacial score (nSPS) is 38.0. The molecule has 0 saturated heterocycles. The van der Waals surface area contributed by atoms with Crippen LogP contribution < -0.4 is 0 Å². The van der Waals surface area contributed by atoms with Gasteiger partial charge < -0.3 is 0 Å². The van der Waals surface area contributed by atoms with Crippen molar-refractivity contribution in [1.82, 2.24) is 0 Å². The van der Waals surface area contributed by atoms with E-state index in [2.05, 4.69) is 0 Å². The van der Waals surface area contributed by atoms with Gasteiger partial charge in [0.05, 0.1) is 0 Å². The van der Waals surface area contributed by atoms with Crippen molar-refractivity contribution in [1.29, 1.82) is 0 Å². The fourth-order valence-electron chi connectivity index (χ4n) is 2.04. The van der Waals surface area contributed by atoms with E-state index in [0.717, 1.165) is 0 Å². The summed E-state index contributed by atoms with van der Waals surface area (Å²) in [6.45, 7) is 4.00. The van der Waals surface area contributed by atoms with Crippen molar-refractivity contribution >= 4 is 0 Å². The summed E-state index contributed by atoms with van der Waals surface area (Å²) in [5, 5.41) is 0. The average Bonchev–Trinajstić information content (AvgIpc) is 2.17. The lowest BCUT2D eigenvalue weighted by Gasteiger charge is -2.29. The van der Waals surface area contributed by atoms with Gasteiger partial charge in [0, 0.05) is 0 Å². The van der Waals surface area contributed by atoms with Gasteiger partial charge in [0.15, 0.2) is 0 Å². The van der Waals surface area contributed by atoms with Gasteiger partial charge in [-0.05, 0) is 24.7 Å². The maximum atomic E-state index is 2.00. The molecule has 2 atom stereocenters. The van der Waals surface area contributed by atoms with E-state index in [1.165, 1.54) is 18.3 Å². The van der Waals surface area contributed by atoms with E-state index in [4.69, 9.17) is 0 Å². The Kier molecular flexibility index (Phi) is 2.56. The highest BCUT2D eigenvalue weighted by Gasteiger charge is 2.34. The maximum Gasteiger partial charge on any atom is -0.0386 e. The summed E-state index contributed by atoms with van der Waals surface area (Å²) in [6, 6.07) is 0. The van der Waals surface area contributed by atoms with Gasteiger partial charge in [-0.3, -0.25) is 0 Å². The molecular weight excluding hydrogens is 108 g/mol. The van der Waals surface area contributed by atoms with Gasteiger partial charge in [-0.2, -0.15) is 0 Å². The second-order valence-electron chi connectivity index (χ2n) is 3.03. The number of fused-ring (bicyclic) bond motifs is 1. The largest absolute Gasteiger partial charge is 0.0683 e. The summed E-state index contributed by atoms with van der Waals surface area (Å²) in [7, 11) is 0. The molecule has 2 rings (SSSR count). The number of hydrogen-bond donors (Lipinski definition) is 0. The molecule has 0 bridgehead atoms. The third kappa shape index (κ3) is 1.28. The van der Waals surface area contributed by atoms with Crippen molar-refractivity contribution in [2.24, 2.45) is 11.8 Å². The molecular formula is C9H18. The molecule has 2 fully saturated rings. The summed E-state index contributed by atoms with van der Waals surface area (Å²) in [5.41, 5.74) is 0. The summed E-state index contributed by atoms with van der Waals surface area (Å²) < 4.78 is 0. The zero-order valence-corrected chi connectivity index (χ0v) is 6.69. The van der Waals surface area contributed by atoms with Crippen LogP contribution in [0.5, 0.6) is 0 Å². The third-order valence-electron chi connectivity index (χ3n) is 2.72. The van der Waals surface area contributed by atoms with E-state index in [9.17, 15) is 0 Å². The predicted octanol–water partition coefficient (Wildman–Crippen LogP) is 3.22. The van der Waals surface area contributed by atoms with Crippen LogP contribution in [0.1, 0.15) is 46.0 Å². The lowest BCUT2D eigenvalue weighted by atomic mass is 9.77. The number of rotatable bonds is 0. The van der Waals surface area contributed by atoms with Crippen LogP contribution in [0.25, 0.3) is 0 Å². The minimum atomic E-state index is 1.19. The van der Waals surface area contributed by atoms with Crippen molar-refractivity contribution in [3.8, 4) is 0 Å². The molecule has 0 amide bonds. The molecule has 0 aromatic carbocycles. The van der Waals surface area contributed by atoms with Crippen molar-refractivity contribution < 1.29 is 0 Å². The maximum absolute atomic E-state index is 2.00. The molecule has 0 aromatic rings. The first-order valence-electron chi connectivity index (χ1n) is 4.47. The highest BCUT2D eigenvalue weighted by atomic mass is 14.4. The molecule has 0 aromatic heterocycles. The Hall–Kier alpha value is 0. The Morgan fingerprint density at radius 3 is 1.44 bits per heavy atom. The molecule has 2 saturated carbocycles. The molecule has 0 heteroatoms. The predicted molar refractivity (Wildman–Crippen MR) is 41.4 cm³/mol. The summed E-state index contributed by atoms with van der Waals surface area (Å²) >= 11 is 0. The Labute approximate surface area is 58.7 Å². The minimum absolute atomic E-state index is 1.19. The highest BCUT2D eigenvalue weighted by molar-refractivity contribution is 4.85. The molecule has 0 heterocycles. The minimum Gasteiger partial charge on any atom is -0.0683 e. The Bertz CT molecular complexity index is 66.1. The van der Waals surface area contributed by atoms with Gasteiger partial charge in [-0.15, -0.1) is 0 Å². The van der Waals surface area contributed by atoms with Crippen LogP contribution in [-0.4, -0.2) is 0 Å². The standard InChI is InChI=1S/C7H12.C2H6/c1-2-6-4-5-7(6)3-1;1-2/h6-7H,1-5H2;1-2H3. The lowest BCUT2D eigenvalue weighted by Crippen LogP contribution is -2.18. The van der Waals surface area contributed by atoms with Gasteiger partial charge in [0.2, 0.25) is 0 Å². The quantitative estimate of drug-likeness (QED) is 0.467. The van der Waals surface area contributed by atoms with Crippen LogP contribution in [0.4, 0.5) is 0 Å². The van der Waals surface area contributed by atoms with Gasteiger partial charge in [-0.1, -0.05) is 33.1 Å². The van der Waals surface area contributed by atoms with Gasteiger partial charge in [0.1, 0.15) is 0 Å². The van der Waals surface area contributed by atoms with Gasteiger partial charge >= 0.3 is 0 Å². The van der Waals surface area contributed by atoms with E-state index in [1.54, 1.807) is 25.7 Å². The summed E-state index contributed by atoms with van der Waals surface area (Å²) in [4.78, 5) is 0. The molecule has 0 aliphatic heterocycles. The molecule has 2 aliphatic rings. The first-order valence-corrected chi connectivity index (χ1v) is 4.47. The molecule has 2 aliphatic carbocycles. The zero-order chi connectivity index (χ0) is 6.69. The zero-order valence-electron chi connectivity index (χ0n) is 6.69. The van der Waals surface area contributed by atoms with Gasteiger partial charge in [-0.25, -0.2) is 0 Å². The highest BCUT2D eigenvalue weighted by Crippen LogP contribution is 2.46. The Morgan fingerprint density at radius 2 is 1.22 bits per heavy atom. The smallest absolute Gasteiger partial charge is 0.0386 e. The lowest BCUT2D eigenvalue weighted by molar-refractivity contribution is 0.219. The van der Waals surface area contributed by atoms with Crippen LogP contribution in [-0.2, 0) is 0 Å². The molecule has 0 radical (unpaired) electrons. The first kappa shape index (κ1) is 7.11. The van der Waals surface area contributed by atoms with E-state index < -0.39 is 0 Å². The molecule has 0 spiro atoms. The van der Waals surface area contributed by atoms with Gasteiger partial charge in [0.25, 0.3) is 0 Å². The monoisotopic (exact) mass is 126 g/mol. The second-order valence-corrected chi connectivity index (χ2v) is 3.03. The fraction of sp³-hybridized carbons (Fsp3) is 1.00. The van der Waals surface area contributed by atoms with E-state index in [-0.39, 0.29) is 0 Å². The molecule has 2 unspecified atom stereocenters. The molecule has 9 heavy (non-hydrogen) atoms. The summed E-state index contributed by atoms with van der Waals surface area (Å²) in [5.74, 6) is 2.39. The van der Waals surface area contributed by atoms with Crippen molar-refractivity contribution in [2.75, 3.05) is 0 Å². The second kappa shape index (κ2) is 3.24. The van der Waals surface area contributed by atoms with Crippen LogP contribution in [0, 0.1) is 11.8 Å². The van der Waals surface area contributed by atoms with Crippen molar-refractivity contribution in [2.45, 2.75) is 46.0 Å². The molecule has 54 valence electrons. The average molecular weight is 126 g/mol. The topological polar surface area (TPSA) is 0 Å². The Balaban J connectivity index is 0.000000186. The van der Waals surface area contributed by atoms with Crippen molar-refractivity contribution in [3.05, 3.63) is 0 Å². The fourth-order valence-corrected chi connectivity index (χ4v) is 2.04. The van der Waals surface area contributed by atoms with Crippen LogP contribution in [0.15, 0.2) is 0 Å². The summed E-state index contributed by atoms with van der Waals surface area (Å²) in [6.07, 6.45) is 7.78. The Morgan fingerprint density at radius 1 is 0.778 bits per heavy atom. The first-order chi connectivity index (χ1) is 4.47. The third-order valence-corrected chi connectivity index (χ3v) is 2.72. The van der Waals surface area contributed by atoms with Crippen LogP contribution in [0.3, 0.4) is 0 Å². The van der Waals surface area contributed by atoms with E-state index >= 15 is 0 Å². The van der Waals surface area contributed by atoms with Crippen LogP contribution in [0.2, 0.25) is 0 Å². The van der Waals surface area contributed by atoms with E-state index in [0.29, 0.717) is 0 Å². The molecule has 0 nitrogen and oxygen atoms in total. The SMILES string of the molecule is C1CC2CCC2C1.CC. The van der Waals surface area contributed by atoms with E-state index in [1.807, 2.05) is 13.8 Å². The number of hydrogen-bond acceptors (Lipinski definition) is 0.